The Morgan fingerprint density at radius 3 is 2.69 bits per heavy atom. The summed E-state index contributed by atoms with van der Waals surface area (Å²) in [6.45, 7) is 2.27. The van der Waals surface area contributed by atoms with Gasteiger partial charge in [0, 0.05) is 24.0 Å². The van der Waals surface area contributed by atoms with Crippen molar-refractivity contribution >= 4 is 11.6 Å². The number of hydrogen-bond acceptors (Lipinski definition) is 4. The molecule has 0 radical (unpaired) electrons. The zero-order valence-corrected chi connectivity index (χ0v) is 9.57. The van der Waals surface area contributed by atoms with E-state index in [2.05, 4.69) is 15.0 Å². The molecule has 0 aliphatic carbocycles. The molecule has 0 saturated heterocycles. The van der Waals surface area contributed by atoms with Gasteiger partial charge in [-0.05, 0) is 19.1 Å². The summed E-state index contributed by atoms with van der Waals surface area (Å²) in [5.41, 5.74) is 8.63. The minimum Gasteiger partial charge on any atom is -0.325 e. The molecule has 0 bridgehead atoms. The number of hydrogen-bond donors (Lipinski definition) is 1. The summed E-state index contributed by atoms with van der Waals surface area (Å²) in [5, 5.41) is 0.364. The van der Waals surface area contributed by atoms with E-state index in [1.165, 1.54) is 0 Å². The molecule has 0 fully saturated rings. The number of aromatic nitrogens is 3. The molecule has 2 N–H and O–H groups in total. The highest BCUT2D eigenvalue weighted by molar-refractivity contribution is 6.31. The maximum absolute atomic E-state index is 5.99. The van der Waals surface area contributed by atoms with E-state index in [9.17, 15) is 0 Å². The topological polar surface area (TPSA) is 64.7 Å². The van der Waals surface area contributed by atoms with Crippen molar-refractivity contribution in [1.29, 1.82) is 0 Å². The van der Waals surface area contributed by atoms with Gasteiger partial charge in [-0.15, -0.1) is 0 Å². The SMILES string of the molecule is Cc1ccc(-c2nc(CN)cnc2Cl)cn1. The fraction of sp³-hybridized carbons (Fsp3) is 0.182. The van der Waals surface area contributed by atoms with Crippen LogP contribution in [0.15, 0.2) is 24.5 Å². The normalized spacial score (nSPS) is 10.4. The van der Waals surface area contributed by atoms with Crippen LogP contribution in [0.4, 0.5) is 0 Å². The van der Waals surface area contributed by atoms with E-state index in [4.69, 9.17) is 17.3 Å². The van der Waals surface area contributed by atoms with Gasteiger partial charge in [0.05, 0.1) is 11.9 Å². The number of halogens is 1. The standard InChI is InChI=1S/C11H11ClN4/c1-7-2-3-8(5-14-7)10-11(12)15-6-9(4-13)16-10/h2-3,5-6H,4,13H2,1H3. The lowest BCUT2D eigenvalue weighted by Crippen LogP contribution is -2.02. The zero-order chi connectivity index (χ0) is 11.5. The Balaban J connectivity index is 2.50. The van der Waals surface area contributed by atoms with Crippen molar-refractivity contribution < 1.29 is 0 Å². The van der Waals surface area contributed by atoms with Crippen LogP contribution in [-0.2, 0) is 6.54 Å². The molecule has 2 aromatic rings. The molecule has 2 aromatic heterocycles. The summed E-state index contributed by atoms with van der Waals surface area (Å²) in [7, 11) is 0. The molecule has 2 rings (SSSR count). The smallest absolute Gasteiger partial charge is 0.155 e. The Morgan fingerprint density at radius 2 is 2.06 bits per heavy atom. The maximum atomic E-state index is 5.99. The van der Waals surface area contributed by atoms with Crippen molar-refractivity contribution in [2.75, 3.05) is 0 Å². The van der Waals surface area contributed by atoms with E-state index in [0.29, 0.717) is 23.1 Å². The summed E-state index contributed by atoms with van der Waals surface area (Å²) in [5.74, 6) is 0. The lowest BCUT2D eigenvalue weighted by atomic mass is 10.2. The molecular formula is C11H11ClN4. The van der Waals surface area contributed by atoms with Crippen molar-refractivity contribution in [1.82, 2.24) is 15.0 Å². The Morgan fingerprint density at radius 1 is 1.25 bits per heavy atom. The highest BCUT2D eigenvalue weighted by Crippen LogP contribution is 2.23. The first-order valence-electron chi connectivity index (χ1n) is 4.85. The molecule has 4 nitrogen and oxygen atoms in total. The van der Waals surface area contributed by atoms with Crippen molar-refractivity contribution in [2.45, 2.75) is 13.5 Å². The third-order valence-corrected chi connectivity index (χ3v) is 2.45. The third kappa shape index (κ3) is 2.18. The van der Waals surface area contributed by atoms with E-state index in [1.54, 1.807) is 12.4 Å². The average Bonchev–Trinajstić information content (AvgIpc) is 2.31. The van der Waals surface area contributed by atoms with Gasteiger partial charge in [0.25, 0.3) is 0 Å². The molecule has 2 heterocycles. The molecule has 0 atom stereocenters. The quantitative estimate of drug-likeness (QED) is 0.863. The molecule has 0 saturated carbocycles. The molecule has 16 heavy (non-hydrogen) atoms. The van der Waals surface area contributed by atoms with Gasteiger partial charge in [0.2, 0.25) is 0 Å². The first-order chi connectivity index (χ1) is 7.70. The van der Waals surface area contributed by atoms with Crippen LogP contribution in [0.25, 0.3) is 11.3 Å². The summed E-state index contributed by atoms with van der Waals surface area (Å²) < 4.78 is 0. The first kappa shape index (κ1) is 11.0. The number of aryl methyl sites for hydroxylation is 1. The van der Waals surface area contributed by atoms with E-state index >= 15 is 0 Å². The number of pyridine rings is 1. The van der Waals surface area contributed by atoms with E-state index in [1.807, 2.05) is 19.1 Å². The summed E-state index contributed by atoms with van der Waals surface area (Å²) in [6, 6.07) is 3.82. The first-order valence-corrected chi connectivity index (χ1v) is 5.23. The Kier molecular flexibility index (Phi) is 3.12. The van der Waals surface area contributed by atoms with Gasteiger partial charge in [-0.2, -0.15) is 0 Å². The summed E-state index contributed by atoms with van der Waals surface area (Å²) in [4.78, 5) is 12.6. The second-order valence-corrected chi connectivity index (χ2v) is 3.75. The lowest BCUT2D eigenvalue weighted by Gasteiger charge is -2.04. The average molecular weight is 235 g/mol. The van der Waals surface area contributed by atoms with Crippen LogP contribution in [0.2, 0.25) is 5.15 Å². The van der Waals surface area contributed by atoms with Gasteiger partial charge in [-0.1, -0.05) is 11.6 Å². The van der Waals surface area contributed by atoms with E-state index in [0.717, 1.165) is 11.3 Å². The van der Waals surface area contributed by atoms with Crippen LogP contribution < -0.4 is 5.73 Å². The van der Waals surface area contributed by atoms with Crippen LogP contribution >= 0.6 is 11.6 Å². The van der Waals surface area contributed by atoms with Crippen LogP contribution in [-0.4, -0.2) is 15.0 Å². The fourth-order valence-corrected chi connectivity index (χ4v) is 1.50. The summed E-state index contributed by atoms with van der Waals surface area (Å²) in [6.07, 6.45) is 3.30. The molecule has 0 spiro atoms. The molecule has 0 aliphatic heterocycles. The second kappa shape index (κ2) is 4.55. The van der Waals surface area contributed by atoms with Crippen LogP contribution in [0.5, 0.6) is 0 Å². The fourth-order valence-electron chi connectivity index (χ4n) is 1.30. The highest BCUT2D eigenvalue weighted by Gasteiger charge is 2.07. The molecule has 5 heteroatoms. The van der Waals surface area contributed by atoms with Gasteiger partial charge in [-0.25, -0.2) is 9.97 Å². The molecule has 0 aliphatic rings. The molecule has 82 valence electrons. The molecular weight excluding hydrogens is 224 g/mol. The molecule has 0 aromatic carbocycles. The minimum atomic E-state index is 0.344. The van der Waals surface area contributed by atoms with E-state index in [-0.39, 0.29) is 0 Å². The van der Waals surface area contributed by atoms with Crippen LogP contribution in [0.1, 0.15) is 11.4 Å². The maximum Gasteiger partial charge on any atom is 0.155 e. The van der Waals surface area contributed by atoms with Crippen molar-refractivity contribution in [3.63, 3.8) is 0 Å². The van der Waals surface area contributed by atoms with E-state index < -0.39 is 0 Å². The Labute approximate surface area is 98.5 Å². The Hall–Kier alpha value is -1.52. The van der Waals surface area contributed by atoms with Gasteiger partial charge < -0.3 is 5.73 Å². The zero-order valence-electron chi connectivity index (χ0n) is 8.81. The summed E-state index contributed by atoms with van der Waals surface area (Å²) >= 11 is 5.99. The highest BCUT2D eigenvalue weighted by atomic mass is 35.5. The predicted octanol–water partition coefficient (Wildman–Crippen LogP) is 1.96. The Bertz CT molecular complexity index is 496. The van der Waals surface area contributed by atoms with Crippen LogP contribution in [0.3, 0.4) is 0 Å². The third-order valence-electron chi connectivity index (χ3n) is 2.17. The van der Waals surface area contributed by atoms with Gasteiger partial charge >= 0.3 is 0 Å². The number of nitrogens with zero attached hydrogens (tertiary/aromatic N) is 3. The lowest BCUT2D eigenvalue weighted by molar-refractivity contribution is 0.966. The molecule has 0 amide bonds. The van der Waals surface area contributed by atoms with Crippen molar-refractivity contribution in [3.8, 4) is 11.3 Å². The van der Waals surface area contributed by atoms with Crippen molar-refractivity contribution in [2.24, 2.45) is 5.73 Å². The largest absolute Gasteiger partial charge is 0.325 e. The second-order valence-electron chi connectivity index (χ2n) is 3.39. The monoisotopic (exact) mass is 234 g/mol. The van der Waals surface area contributed by atoms with Gasteiger partial charge in [0.15, 0.2) is 5.15 Å². The predicted molar refractivity (Wildman–Crippen MR) is 62.9 cm³/mol. The minimum absolute atomic E-state index is 0.344. The van der Waals surface area contributed by atoms with Crippen LogP contribution in [0, 0.1) is 6.92 Å². The van der Waals surface area contributed by atoms with Gasteiger partial charge in [-0.3, -0.25) is 4.98 Å². The number of nitrogens with two attached hydrogens (primary N) is 1. The van der Waals surface area contributed by atoms with Crippen molar-refractivity contribution in [3.05, 3.63) is 41.1 Å². The number of rotatable bonds is 2. The van der Waals surface area contributed by atoms with Gasteiger partial charge in [0.1, 0.15) is 5.69 Å². The molecule has 0 unspecified atom stereocenters.